The maximum Gasteiger partial charge on any atom is 0.225 e. The van der Waals surface area contributed by atoms with Gasteiger partial charge >= 0.3 is 0 Å². The molecule has 1 aliphatic carbocycles. The summed E-state index contributed by atoms with van der Waals surface area (Å²) >= 11 is 0. The molecule has 0 saturated heterocycles. The molecule has 1 amide bonds. The highest BCUT2D eigenvalue weighted by Crippen LogP contribution is 2.24. The third kappa shape index (κ3) is 4.27. The quantitative estimate of drug-likeness (QED) is 0.669. The van der Waals surface area contributed by atoms with Crippen LogP contribution >= 0.6 is 0 Å². The molecule has 3 heteroatoms. The third-order valence-electron chi connectivity index (χ3n) is 2.40. The minimum absolute atomic E-state index is 0.324. The van der Waals surface area contributed by atoms with Crippen LogP contribution in [0.2, 0.25) is 0 Å². The molecule has 0 heterocycles. The molecule has 1 saturated carbocycles. The summed E-state index contributed by atoms with van der Waals surface area (Å²) < 4.78 is 0. The molecule has 0 aromatic heterocycles. The lowest BCUT2D eigenvalue weighted by molar-refractivity contribution is -0.133. The van der Waals surface area contributed by atoms with Crippen molar-refractivity contribution < 1.29 is 4.79 Å². The van der Waals surface area contributed by atoms with Gasteiger partial charge in [0.25, 0.3) is 0 Å². The molecule has 0 aromatic carbocycles. The van der Waals surface area contributed by atoms with E-state index >= 15 is 0 Å². The first-order chi connectivity index (χ1) is 6.22. The molecule has 13 heavy (non-hydrogen) atoms. The molecule has 2 N–H and O–H groups in total. The van der Waals surface area contributed by atoms with E-state index in [4.69, 9.17) is 0 Å². The van der Waals surface area contributed by atoms with Crippen molar-refractivity contribution in [3.05, 3.63) is 0 Å². The van der Waals surface area contributed by atoms with E-state index in [0.717, 1.165) is 12.8 Å². The van der Waals surface area contributed by atoms with Gasteiger partial charge in [0.1, 0.15) is 0 Å². The third-order valence-corrected chi connectivity index (χ3v) is 2.40. The SMILES string of the molecule is CN.CN(C)C(=O)C1CCCCC1. The molecular formula is C10H22N2O. The van der Waals surface area contributed by atoms with Gasteiger partial charge in [-0.1, -0.05) is 19.3 Å². The maximum atomic E-state index is 11.4. The fourth-order valence-corrected chi connectivity index (χ4v) is 1.71. The van der Waals surface area contributed by atoms with Crippen molar-refractivity contribution >= 4 is 5.91 Å². The lowest BCUT2D eigenvalue weighted by atomic mass is 9.88. The van der Waals surface area contributed by atoms with Gasteiger partial charge in [-0.25, -0.2) is 0 Å². The van der Waals surface area contributed by atoms with Gasteiger partial charge in [-0.2, -0.15) is 0 Å². The molecule has 1 aliphatic rings. The molecule has 0 aliphatic heterocycles. The standard InChI is InChI=1S/C9H17NO.CH5N/c1-10(2)9(11)8-6-4-3-5-7-8;1-2/h8H,3-7H2,1-2H3;2H2,1H3. The van der Waals surface area contributed by atoms with Crippen LogP contribution in [0.4, 0.5) is 0 Å². The predicted octanol–water partition coefficient (Wildman–Crippen LogP) is 1.23. The van der Waals surface area contributed by atoms with E-state index in [9.17, 15) is 4.79 Å². The topological polar surface area (TPSA) is 46.3 Å². The molecule has 0 atom stereocenters. The lowest BCUT2D eigenvalue weighted by Gasteiger charge is -2.23. The van der Waals surface area contributed by atoms with Crippen molar-refractivity contribution in [3.8, 4) is 0 Å². The second-order valence-electron chi connectivity index (χ2n) is 3.57. The number of rotatable bonds is 1. The largest absolute Gasteiger partial charge is 0.349 e. The second-order valence-corrected chi connectivity index (χ2v) is 3.57. The van der Waals surface area contributed by atoms with Gasteiger partial charge in [0.05, 0.1) is 0 Å². The summed E-state index contributed by atoms with van der Waals surface area (Å²) in [5.41, 5.74) is 4.50. The fourth-order valence-electron chi connectivity index (χ4n) is 1.71. The molecule has 78 valence electrons. The van der Waals surface area contributed by atoms with Crippen molar-refractivity contribution in [1.82, 2.24) is 4.90 Å². The Morgan fingerprint density at radius 2 is 1.62 bits per heavy atom. The molecule has 0 bridgehead atoms. The summed E-state index contributed by atoms with van der Waals surface area (Å²) in [6, 6.07) is 0. The van der Waals surface area contributed by atoms with Gasteiger partial charge in [-0.15, -0.1) is 0 Å². The van der Waals surface area contributed by atoms with Crippen LogP contribution in [0, 0.1) is 5.92 Å². The van der Waals surface area contributed by atoms with Crippen molar-refractivity contribution in [3.63, 3.8) is 0 Å². The smallest absolute Gasteiger partial charge is 0.225 e. The Kier molecular flexibility index (Phi) is 6.59. The minimum atomic E-state index is 0.324. The summed E-state index contributed by atoms with van der Waals surface area (Å²) in [7, 11) is 5.19. The van der Waals surface area contributed by atoms with Gasteiger partial charge in [0, 0.05) is 20.0 Å². The van der Waals surface area contributed by atoms with Gasteiger partial charge in [0.15, 0.2) is 0 Å². The number of carbonyl (C=O) groups excluding carboxylic acids is 1. The van der Waals surface area contributed by atoms with Crippen molar-refractivity contribution in [2.75, 3.05) is 21.1 Å². The van der Waals surface area contributed by atoms with E-state index in [2.05, 4.69) is 5.73 Å². The first-order valence-corrected chi connectivity index (χ1v) is 5.00. The molecule has 3 nitrogen and oxygen atoms in total. The molecular weight excluding hydrogens is 164 g/mol. The molecule has 0 radical (unpaired) electrons. The van der Waals surface area contributed by atoms with Crippen LogP contribution in [-0.2, 0) is 4.79 Å². The summed E-state index contributed by atoms with van der Waals surface area (Å²) in [5.74, 6) is 0.656. The van der Waals surface area contributed by atoms with Crippen molar-refractivity contribution in [2.24, 2.45) is 11.7 Å². The van der Waals surface area contributed by atoms with E-state index in [1.54, 1.807) is 4.90 Å². The van der Waals surface area contributed by atoms with Crippen LogP contribution in [0.15, 0.2) is 0 Å². The van der Waals surface area contributed by atoms with Gasteiger partial charge in [0.2, 0.25) is 5.91 Å². The Morgan fingerprint density at radius 1 is 1.15 bits per heavy atom. The predicted molar refractivity (Wildman–Crippen MR) is 55.4 cm³/mol. The number of hydrogen-bond donors (Lipinski definition) is 1. The van der Waals surface area contributed by atoms with Gasteiger partial charge in [-0.3, -0.25) is 4.79 Å². The van der Waals surface area contributed by atoms with Gasteiger partial charge < -0.3 is 10.6 Å². The van der Waals surface area contributed by atoms with Crippen LogP contribution in [0.25, 0.3) is 0 Å². The minimum Gasteiger partial charge on any atom is -0.349 e. The van der Waals surface area contributed by atoms with Gasteiger partial charge in [-0.05, 0) is 19.9 Å². The highest BCUT2D eigenvalue weighted by molar-refractivity contribution is 5.78. The number of nitrogens with zero attached hydrogens (tertiary/aromatic N) is 1. The average molecular weight is 186 g/mol. The number of amides is 1. The summed E-state index contributed by atoms with van der Waals surface area (Å²) in [4.78, 5) is 13.1. The average Bonchev–Trinajstić information content (AvgIpc) is 2.21. The fraction of sp³-hybridized carbons (Fsp3) is 0.900. The Bertz CT molecular complexity index is 140. The summed E-state index contributed by atoms with van der Waals surface area (Å²) in [5, 5.41) is 0. The Balaban J connectivity index is 0.000000671. The Morgan fingerprint density at radius 3 is 2.00 bits per heavy atom. The monoisotopic (exact) mass is 186 g/mol. The van der Waals surface area contributed by atoms with Crippen LogP contribution < -0.4 is 5.73 Å². The zero-order valence-corrected chi connectivity index (χ0v) is 9.05. The second kappa shape index (κ2) is 6.89. The molecule has 1 fully saturated rings. The Labute approximate surface area is 81.3 Å². The van der Waals surface area contributed by atoms with Crippen molar-refractivity contribution in [2.45, 2.75) is 32.1 Å². The molecule has 0 unspecified atom stereocenters. The van der Waals surface area contributed by atoms with Crippen molar-refractivity contribution in [1.29, 1.82) is 0 Å². The maximum absolute atomic E-state index is 11.4. The van der Waals surface area contributed by atoms with Crippen LogP contribution in [0.5, 0.6) is 0 Å². The van der Waals surface area contributed by atoms with Crippen LogP contribution in [-0.4, -0.2) is 32.0 Å². The highest BCUT2D eigenvalue weighted by atomic mass is 16.2. The molecule has 0 spiro atoms. The lowest BCUT2D eigenvalue weighted by Crippen LogP contribution is -2.30. The normalized spacial score (nSPS) is 17.2. The van der Waals surface area contributed by atoms with Crippen LogP contribution in [0.1, 0.15) is 32.1 Å². The van der Waals surface area contributed by atoms with E-state index in [1.165, 1.54) is 26.3 Å². The molecule has 1 rings (SSSR count). The summed E-state index contributed by atoms with van der Waals surface area (Å²) in [6.07, 6.45) is 6.01. The zero-order chi connectivity index (χ0) is 10.3. The number of nitrogens with two attached hydrogens (primary N) is 1. The van der Waals surface area contributed by atoms with E-state index in [0.29, 0.717) is 11.8 Å². The number of carbonyl (C=O) groups is 1. The Hall–Kier alpha value is -0.570. The molecule has 0 aromatic rings. The van der Waals surface area contributed by atoms with E-state index < -0.39 is 0 Å². The van der Waals surface area contributed by atoms with E-state index in [1.807, 2.05) is 14.1 Å². The summed E-state index contributed by atoms with van der Waals surface area (Å²) in [6.45, 7) is 0. The number of hydrogen-bond acceptors (Lipinski definition) is 2. The highest BCUT2D eigenvalue weighted by Gasteiger charge is 2.21. The first kappa shape index (κ1) is 12.4. The van der Waals surface area contributed by atoms with E-state index in [-0.39, 0.29) is 0 Å². The zero-order valence-electron chi connectivity index (χ0n) is 9.05. The van der Waals surface area contributed by atoms with Crippen LogP contribution in [0.3, 0.4) is 0 Å². The first-order valence-electron chi connectivity index (χ1n) is 5.00.